The molecule has 0 aromatic carbocycles. The lowest BCUT2D eigenvalue weighted by molar-refractivity contribution is 0.211. The Bertz CT molecular complexity index is 513. The zero-order chi connectivity index (χ0) is 13.9. The number of rotatable bonds is 5. The molecular weight excluding hydrogens is 282 g/mol. The number of thiophene rings is 1. The normalized spacial score (nSPS) is 21.7. The second kappa shape index (κ2) is 6.32. The molecule has 1 atom stereocenters. The smallest absolute Gasteiger partial charge is 0.250 e. The molecule has 2 heterocycles. The van der Waals surface area contributed by atoms with Crippen LogP contribution in [0.1, 0.15) is 24.6 Å². The van der Waals surface area contributed by atoms with Crippen LogP contribution in [0.3, 0.4) is 0 Å². The Labute approximate surface area is 118 Å². The molecule has 0 amide bonds. The first-order chi connectivity index (χ1) is 9.05. The third-order valence-corrected chi connectivity index (χ3v) is 6.50. The lowest BCUT2D eigenvalue weighted by atomic mass is 10.1. The molecule has 7 heteroatoms. The minimum absolute atomic E-state index is 0.0159. The standard InChI is InChI=1S/C12H21N3O2S2/c1-2-15-7-3-4-10(9-15)14-19(16,17)12-6-5-11(8-13)18-12/h5-6,10,14H,2-4,7-9,13H2,1H3. The molecular formula is C12H21N3O2S2. The third-order valence-electron chi connectivity index (χ3n) is 3.38. The summed E-state index contributed by atoms with van der Waals surface area (Å²) in [5.74, 6) is 0. The molecule has 1 aromatic rings. The molecule has 1 fully saturated rings. The Morgan fingerprint density at radius 1 is 1.53 bits per heavy atom. The molecule has 3 N–H and O–H groups in total. The zero-order valence-corrected chi connectivity index (χ0v) is 12.8. The van der Waals surface area contributed by atoms with Gasteiger partial charge in [0, 0.05) is 24.0 Å². The maximum absolute atomic E-state index is 12.3. The third kappa shape index (κ3) is 3.76. The summed E-state index contributed by atoms with van der Waals surface area (Å²) in [6.45, 7) is 5.31. The lowest BCUT2D eigenvalue weighted by Gasteiger charge is -2.31. The van der Waals surface area contributed by atoms with Crippen molar-refractivity contribution < 1.29 is 8.42 Å². The average molecular weight is 303 g/mol. The average Bonchev–Trinajstić information content (AvgIpc) is 2.88. The Kier molecular flexibility index (Phi) is 4.97. The molecule has 1 saturated heterocycles. The van der Waals surface area contributed by atoms with Gasteiger partial charge in [0.05, 0.1) is 0 Å². The molecule has 0 aliphatic carbocycles. The van der Waals surface area contributed by atoms with Crippen LogP contribution in [-0.2, 0) is 16.6 Å². The van der Waals surface area contributed by atoms with Crippen molar-refractivity contribution in [3.05, 3.63) is 17.0 Å². The molecule has 0 saturated carbocycles. The number of nitrogens with two attached hydrogens (primary N) is 1. The van der Waals surface area contributed by atoms with Crippen molar-refractivity contribution in [3.63, 3.8) is 0 Å². The van der Waals surface area contributed by atoms with Crippen molar-refractivity contribution in [2.24, 2.45) is 5.73 Å². The van der Waals surface area contributed by atoms with Crippen LogP contribution in [0.15, 0.2) is 16.3 Å². The van der Waals surface area contributed by atoms with Gasteiger partial charge in [-0.05, 0) is 38.1 Å². The summed E-state index contributed by atoms with van der Waals surface area (Å²) in [7, 11) is -3.39. The first-order valence-corrected chi connectivity index (χ1v) is 8.88. The number of piperidine rings is 1. The number of hydrogen-bond acceptors (Lipinski definition) is 5. The van der Waals surface area contributed by atoms with Gasteiger partial charge in [0.25, 0.3) is 0 Å². The molecule has 0 radical (unpaired) electrons. The summed E-state index contributed by atoms with van der Waals surface area (Å²) in [6.07, 6.45) is 1.95. The number of nitrogens with zero attached hydrogens (tertiary/aromatic N) is 1. The molecule has 1 unspecified atom stereocenters. The first kappa shape index (κ1) is 14.9. The van der Waals surface area contributed by atoms with Gasteiger partial charge in [0.1, 0.15) is 4.21 Å². The van der Waals surface area contributed by atoms with Gasteiger partial charge in [-0.1, -0.05) is 6.92 Å². The van der Waals surface area contributed by atoms with Crippen LogP contribution in [0.25, 0.3) is 0 Å². The van der Waals surface area contributed by atoms with E-state index in [4.69, 9.17) is 5.73 Å². The zero-order valence-electron chi connectivity index (χ0n) is 11.1. The quantitative estimate of drug-likeness (QED) is 0.850. The van der Waals surface area contributed by atoms with Crippen molar-refractivity contribution in [1.82, 2.24) is 9.62 Å². The van der Waals surface area contributed by atoms with E-state index < -0.39 is 10.0 Å². The van der Waals surface area contributed by atoms with Crippen LogP contribution in [0.4, 0.5) is 0 Å². The Hall–Kier alpha value is -0.470. The van der Waals surface area contributed by atoms with E-state index in [9.17, 15) is 8.42 Å². The second-order valence-electron chi connectivity index (χ2n) is 4.78. The van der Waals surface area contributed by atoms with E-state index in [0.29, 0.717) is 10.8 Å². The minimum atomic E-state index is -3.39. The summed E-state index contributed by atoms with van der Waals surface area (Å²) < 4.78 is 27.7. The summed E-state index contributed by atoms with van der Waals surface area (Å²) in [4.78, 5) is 3.16. The van der Waals surface area contributed by atoms with E-state index in [0.717, 1.165) is 37.4 Å². The highest BCUT2D eigenvalue weighted by Gasteiger charge is 2.25. The van der Waals surface area contributed by atoms with E-state index >= 15 is 0 Å². The number of likely N-dealkylation sites (N-methyl/N-ethyl adjacent to an activating group) is 1. The Balaban J connectivity index is 2.04. The van der Waals surface area contributed by atoms with E-state index in [-0.39, 0.29) is 6.04 Å². The fourth-order valence-electron chi connectivity index (χ4n) is 2.33. The lowest BCUT2D eigenvalue weighted by Crippen LogP contribution is -2.47. The maximum Gasteiger partial charge on any atom is 0.250 e. The van der Waals surface area contributed by atoms with Gasteiger partial charge in [-0.3, -0.25) is 0 Å². The first-order valence-electron chi connectivity index (χ1n) is 6.58. The molecule has 0 spiro atoms. The van der Waals surface area contributed by atoms with Gasteiger partial charge < -0.3 is 10.6 Å². The van der Waals surface area contributed by atoms with Crippen molar-refractivity contribution in [1.29, 1.82) is 0 Å². The molecule has 5 nitrogen and oxygen atoms in total. The fourth-order valence-corrected chi connectivity index (χ4v) is 4.84. The number of sulfonamides is 1. The highest BCUT2D eigenvalue weighted by Crippen LogP contribution is 2.22. The highest BCUT2D eigenvalue weighted by atomic mass is 32.2. The van der Waals surface area contributed by atoms with Crippen LogP contribution in [0.2, 0.25) is 0 Å². The number of hydrogen-bond donors (Lipinski definition) is 2. The van der Waals surface area contributed by atoms with Gasteiger partial charge in [-0.15, -0.1) is 11.3 Å². The largest absolute Gasteiger partial charge is 0.326 e. The van der Waals surface area contributed by atoms with Crippen molar-refractivity contribution in [3.8, 4) is 0 Å². The number of nitrogens with one attached hydrogen (secondary N) is 1. The number of likely N-dealkylation sites (tertiary alicyclic amines) is 1. The molecule has 1 aliphatic heterocycles. The minimum Gasteiger partial charge on any atom is -0.326 e. The van der Waals surface area contributed by atoms with Gasteiger partial charge in [0.2, 0.25) is 10.0 Å². The SMILES string of the molecule is CCN1CCCC(NS(=O)(=O)c2ccc(CN)s2)C1. The highest BCUT2D eigenvalue weighted by molar-refractivity contribution is 7.91. The van der Waals surface area contributed by atoms with Crippen molar-refractivity contribution in [2.45, 2.75) is 36.6 Å². The van der Waals surface area contributed by atoms with Gasteiger partial charge in [-0.25, -0.2) is 13.1 Å². The summed E-state index contributed by atoms with van der Waals surface area (Å²) in [5.41, 5.74) is 5.52. The monoisotopic (exact) mass is 303 g/mol. The topological polar surface area (TPSA) is 75.4 Å². The van der Waals surface area contributed by atoms with E-state index in [1.165, 1.54) is 11.3 Å². The van der Waals surface area contributed by atoms with Crippen LogP contribution >= 0.6 is 11.3 Å². The van der Waals surface area contributed by atoms with Crippen molar-refractivity contribution >= 4 is 21.4 Å². The Morgan fingerprint density at radius 2 is 2.32 bits per heavy atom. The Morgan fingerprint density at radius 3 is 2.95 bits per heavy atom. The molecule has 19 heavy (non-hydrogen) atoms. The molecule has 1 aromatic heterocycles. The predicted molar refractivity (Wildman–Crippen MR) is 77.7 cm³/mol. The van der Waals surface area contributed by atoms with Crippen LogP contribution < -0.4 is 10.5 Å². The molecule has 0 bridgehead atoms. The van der Waals surface area contributed by atoms with Crippen LogP contribution in [0.5, 0.6) is 0 Å². The van der Waals surface area contributed by atoms with Gasteiger partial charge in [0.15, 0.2) is 0 Å². The van der Waals surface area contributed by atoms with E-state index in [2.05, 4.69) is 16.5 Å². The van der Waals surface area contributed by atoms with E-state index in [1.54, 1.807) is 12.1 Å². The van der Waals surface area contributed by atoms with E-state index in [1.807, 2.05) is 0 Å². The summed E-state index contributed by atoms with van der Waals surface area (Å²) >= 11 is 1.25. The van der Waals surface area contributed by atoms with Gasteiger partial charge >= 0.3 is 0 Å². The molecule has 108 valence electrons. The van der Waals surface area contributed by atoms with Crippen LogP contribution in [0, 0.1) is 0 Å². The molecule has 2 rings (SSSR count). The summed E-state index contributed by atoms with van der Waals surface area (Å²) in [6, 6.07) is 3.43. The fraction of sp³-hybridized carbons (Fsp3) is 0.667. The van der Waals surface area contributed by atoms with Crippen LogP contribution in [-0.4, -0.2) is 39.0 Å². The maximum atomic E-state index is 12.3. The second-order valence-corrected chi connectivity index (χ2v) is 7.89. The molecule has 1 aliphatic rings. The predicted octanol–water partition coefficient (Wildman–Crippen LogP) is 0.969. The van der Waals surface area contributed by atoms with Gasteiger partial charge in [-0.2, -0.15) is 0 Å². The summed E-state index contributed by atoms with van der Waals surface area (Å²) in [5, 5.41) is 0. The van der Waals surface area contributed by atoms with Crippen molar-refractivity contribution in [2.75, 3.05) is 19.6 Å².